The van der Waals surface area contributed by atoms with Crippen molar-refractivity contribution in [2.45, 2.75) is 19.9 Å². The third-order valence-electron chi connectivity index (χ3n) is 5.10. The SMILES string of the molecule is COC(=O)c1cccc(NC(=S)N[C@@H](C)c2ccc(N3CCOCC3)cc2)c1C. The van der Waals surface area contributed by atoms with Gasteiger partial charge in [-0.3, -0.25) is 0 Å². The number of carbonyl (C=O) groups excluding carboxylic acids is 1. The van der Waals surface area contributed by atoms with Crippen LogP contribution < -0.4 is 15.5 Å². The van der Waals surface area contributed by atoms with E-state index in [1.54, 1.807) is 12.1 Å². The molecule has 1 saturated heterocycles. The van der Waals surface area contributed by atoms with Crippen LogP contribution in [0.25, 0.3) is 0 Å². The van der Waals surface area contributed by atoms with Gasteiger partial charge < -0.3 is 25.0 Å². The van der Waals surface area contributed by atoms with E-state index in [1.165, 1.54) is 12.8 Å². The molecule has 0 aliphatic carbocycles. The minimum Gasteiger partial charge on any atom is -0.465 e. The Morgan fingerprint density at radius 1 is 1.17 bits per heavy atom. The van der Waals surface area contributed by atoms with E-state index in [2.05, 4.69) is 46.7 Å². The fraction of sp³-hybridized carbons (Fsp3) is 0.364. The molecule has 1 aliphatic heterocycles. The van der Waals surface area contributed by atoms with E-state index in [0.29, 0.717) is 10.7 Å². The van der Waals surface area contributed by atoms with Gasteiger partial charge in [-0.05, 0) is 61.5 Å². The molecule has 7 heteroatoms. The fourth-order valence-corrected chi connectivity index (χ4v) is 3.62. The van der Waals surface area contributed by atoms with Gasteiger partial charge in [-0.2, -0.15) is 0 Å². The normalized spacial score (nSPS) is 14.8. The summed E-state index contributed by atoms with van der Waals surface area (Å²) in [5, 5.41) is 6.99. The maximum Gasteiger partial charge on any atom is 0.338 e. The quantitative estimate of drug-likeness (QED) is 0.573. The van der Waals surface area contributed by atoms with Crippen molar-refractivity contribution in [3.8, 4) is 0 Å². The lowest BCUT2D eigenvalue weighted by atomic mass is 10.1. The zero-order valence-corrected chi connectivity index (χ0v) is 17.8. The van der Waals surface area contributed by atoms with Crippen LogP contribution in [-0.2, 0) is 9.47 Å². The zero-order chi connectivity index (χ0) is 20.8. The molecule has 2 N–H and O–H groups in total. The summed E-state index contributed by atoms with van der Waals surface area (Å²) in [4.78, 5) is 14.2. The first-order chi connectivity index (χ1) is 14.0. The molecular formula is C22H27N3O3S. The van der Waals surface area contributed by atoms with Gasteiger partial charge in [0.25, 0.3) is 0 Å². The van der Waals surface area contributed by atoms with E-state index in [4.69, 9.17) is 21.7 Å². The van der Waals surface area contributed by atoms with E-state index in [1.807, 2.05) is 13.0 Å². The summed E-state index contributed by atoms with van der Waals surface area (Å²) < 4.78 is 10.2. The Morgan fingerprint density at radius 3 is 2.52 bits per heavy atom. The molecule has 0 amide bonds. The Kier molecular flexibility index (Phi) is 7.06. The van der Waals surface area contributed by atoms with Crippen LogP contribution in [0.1, 0.15) is 34.5 Å². The number of carbonyl (C=O) groups is 1. The molecule has 1 aliphatic rings. The number of methoxy groups -OCH3 is 1. The number of thiocarbonyl (C=S) groups is 1. The Bertz CT molecular complexity index is 864. The number of nitrogens with zero attached hydrogens (tertiary/aromatic N) is 1. The summed E-state index contributed by atoms with van der Waals surface area (Å²) >= 11 is 5.48. The number of benzene rings is 2. The minimum absolute atomic E-state index is 0.0397. The first kappa shape index (κ1) is 21.1. The highest BCUT2D eigenvalue weighted by Gasteiger charge is 2.15. The van der Waals surface area contributed by atoms with Crippen LogP contribution >= 0.6 is 12.2 Å². The molecule has 0 unspecified atom stereocenters. The molecule has 6 nitrogen and oxygen atoms in total. The number of ether oxygens (including phenoxy) is 2. The van der Waals surface area contributed by atoms with Gasteiger partial charge in [0.1, 0.15) is 0 Å². The number of hydrogen-bond donors (Lipinski definition) is 2. The number of rotatable bonds is 5. The Morgan fingerprint density at radius 2 is 1.86 bits per heavy atom. The fourth-order valence-electron chi connectivity index (χ4n) is 3.34. The topological polar surface area (TPSA) is 62.8 Å². The van der Waals surface area contributed by atoms with Gasteiger partial charge in [-0.25, -0.2) is 4.79 Å². The van der Waals surface area contributed by atoms with Gasteiger partial charge in [0, 0.05) is 24.5 Å². The molecule has 0 saturated carbocycles. The van der Waals surface area contributed by atoms with Crippen molar-refractivity contribution in [2.24, 2.45) is 0 Å². The van der Waals surface area contributed by atoms with Gasteiger partial charge in [0.2, 0.25) is 0 Å². The molecule has 0 aromatic heterocycles. The zero-order valence-electron chi connectivity index (χ0n) is 17.0. The molecule has 1 heterocycles. The molecule has 0 bridgehead atoms. The van der Waals surface area contributed by atoms with Gasteiger partial charge >= 0.3 is 5.97 Å². The molecule has 0 radical (unpaired) electrons. The third-order valence-corrected chi connectivity index (χ3v) is 5.32. The second-order valence-electron chi connectivity index (χ2n) is 6.98. The predicted octanol–water partition coefficient (Wildman–Crippen LogP) is 3.67. The van der Waals surface area contributed by atoms with Gasteiger partial charge in [0.05, 0.1) is 31.9 Å². The van der Waals surface area contributed by atoms with Crippen molar-refractivity contribution in [3.05, 3.63) is 59.2 Å². The van der Waals surface area contributed by atoms with Crippen molar-refractivity contribution in [3.63, 3.8) is 0 Å². The molecular weight excluding hydrogens is 386 g/mol. The molecule has 3 rings (SSSR count). The lowest BCUT2D eigenvalue weighted by Gasteiger charge is -2.29. The summed E-state index contributed by atoms with van der Waals surface area (Å²) in [6.07, 6.45) is 0. The number of nitrogens with one attached hydrogen (secondary N) is 2. The van der Waals surface area contributed by atoms with E-state index in [9.17, 15) is 4.79 Å². The number of anilines is 2. The Balaban J connectivity index is 1.61. The van der Waals surface area contributed by atoms with Crippen molar-refractivity contribution in [2.75, 3.05) is 43.6 Å². The monoisotopic (exact) mass is 413 g/mol. The first-order valence-corrected chi connectivity index (χ1v) is 10.1. The van der Waals surface area contributed by atoms with Crippen LogP contribution in [0.5, 0.6) is 0 Å². The highest BCUT2D eigenvalue weighted by Crippen LogP contribution is 2.22. The molecule has 2 aromatic rings. The van der Waals surface area contributed by atoms with Gasteiger partial charge in [-0.15, -0.1) is 0 Å². The second-order valence-corrected chi connectivity index (χ2v) is 7.39. The summed E-state index contributed by atoms with van der Waals surface area (Å²) in [7, 11) is 1.38. The van der Waals surface area contributed by atoms with E-state index in [0.717, 1.165) is 43.1 Å². The van der Waals surface area contributed by atoms with E-state index < -0.39 is 0 Å². The molecule has 154 valence electrons. The minimum atomic E-state index is -0.362. The molecule has 1 atom stereocenters. The largest absolute Gasteiger partial charge is 0.465 e. The molecule has 29 heavy (non-hydrogen) atoms. The highest BCUT2D eigenvalue weighted by atomic mass is 32.1. The Hall–Kier alpha value is -2.64. The highest BCUT2D eigenvalue weighted by molar-refractivity contribution is 7.80. The molecule has 2 aromatic carbocycles. The summed E-state index contributed by atoms with van der Waals surface area (Å²) in [5.41, 5.74) is 4.45. The van der Waals surface area contributed by atoms with Crippen LogP contribution in [0, 0.1) is 6.92 Å². The summed E-state index contributed by atoms with van der Waals surface area (Å²) in [5.74, 6) is -0.362. The van der Waals surface area contributed by atoms with Gasteiger partial charge in [0.15, 0.2) is 5.11 Å². The Labute approximate surface area is 177 Å². The number of esters is 1. The smallest absolute Gasteiger partial charge is 0.338 e. The maximum absolute atomic E-state index is 11.9. The van der Waals surface area contributed by atoms with Crippen LogP contribution in [0.2, 0.25) is 0 Å². The standard InChI is InChI=1S/C22H27N3O3S/c1-15-19(21(26)27-3)5-4-6-20(15)24-22(29)23-16(2)17-7-9-18(10-8-17)25-11-13-28-14-12-25/h4-10,16H,11-14H2,1-3H3,(H2,23,24,29)/t16-/m0/s1. The lowest BCUT2D eigenvalue weighted by molar-refractivity contribution is 0.0600. The van der Waals surface area contributed by atoms with Crippen LogP contribution in [0.4, 0.5) is 11.4 Å². The maximum atomic E-state index is 11.9. The van der Waals surface area contributed by atoms with Gasteiger partial charge in [-0.1, -0.05) is 18.2 Å². The average Bonchev–Trinajstić information content (AvgIpc) is 2.75. The molecule has 1 fully saturated rings. The van der Waals surface area contributed by atoms with Crippen molar-refractivity contribution in [1.82, 2.24) is 5.32 Å². The van der Waals surface area contributed by atoms with Crippen molar-refractivity contribution in [1.29, 1.82) is 0 Å². The predicted molar refractivity (Wildman–Crippen MR) is 120 cm³/mol. The average molecular weight is 414 g/mol. The number of morpholine rings is 1. The van der Waals surface area contributed by atoms with Crippen molar-refractivity contribution >= 4 is 34.7 Å². The molecule has 0 spiro atoms. The van der Waals surface area contributed by atoms with Crippen LogP contribution in [0.15, 0.2) is 42.5 Å². The van der Waals surface area contributed by atoms with E-state index in [-0.39, 0.29) is 12.0 Å². The summed E-state index contributed by atoms with van der Waals surface area (Å²) in [6, 6.07) is 14.0. The third kappa shape index (κ3) is 5.25. The number of hydrogen-bond acceptors (Lipinski definition) is 5. The first-order valence-electron chi connectivity index (χ1n) is 9.67. The van der Waals surface area contributed by atoms with E-state index >= 15 is 0 Å². The van der Waals surface area contributed by atoms with Crippen LogP contribution in [-0.4, -0.2) is 44.5 Å². The van der Waals surface area contributed by atoms with Crippen molar-refractivity contribution < 1.29 is 14.3 Å². The summed E-state index contributed by atoms with van der Waals surface area (Å²) in [6.45, 7) is 7.32. The van der Waals surface area contributed by atoms with Crippen LogP contribution in [0.3, 0.4) is 0 Å². The lowest BCUT2D eigenvalue weighted by Crippen LogP contribution is -2.36. The second kappa shape index (κ2) is 9.71.